The van der Waals surface area contributed by atoms with Crippen LogP contribution in [-0.4, -0.2) is 0 Å². The number of aryl methyl sites for hydroxylation is 1. The predicted octanol–water partition coefficient (Wildman–Crippen LogP) is 4.47. The molecule has 1 nitrogen and oxygen atoms in total. The maximum Gasteiger partial charge on any atom is 0.103 e. The Bertz CT molecular complexity index is 494. The highest BCUT2D eigenvalue weighted by Gasteiger charge is 2.21. The van der Waals surface area contributed by atoms with Gasteiger partial charge in [0.05, 0.1) is 0 Å². The first-order valence-electron chi connectivity index (χ1n) is 5.98. The molecule has 0 fully saturated rings. The van der Waals surface area contributed by atoms with E-state index in [1.54, 1.807) is 0 Å². The van der Waals surface area contributed by atoms with Crippen LogP contribution < -0.4 is 5.32 Å². The zero-order valence-electron chi connectivity index (χ0n) is 9.81. The third kappa shape index (κ3) is 2.05. The van der Waals surface area contributed by atoms with Crippen LogP contribution in [0.15, 0.2) is 53.4 Å². The molecule has 2 aromatic carbocycles. The van der Waals surface area contributed by atoms with Gasteiger partial charge >= 0.3 is 0 Å². The van der Waals surface area contributed by atoms with Crippen molar-refractivity contribution in [2.45, 2.75) is 23.6 Å². The molecule has 0 aromatic heterocycles. The van der Waals surface area contributed by atoms with E-state index < -0.39 is 0 Å². The molecular formula is C15H15NS. The second-order valence-corrected chi connectivity index (χ2v) is 5.38. The van der Waals surface area contributed by atoms with E-state index in [0.717, 1.165) is 6.42 Å². The lowest BCUT2D eigenvalue weighted by Crippen LogP contribution is -2.00. The summed E-state index contributed by atoms with van der Waals surface area (Å²) < 4.78 is 0. The molecule has 1 aliphatic heterocycles. The number of fused-ring (bicyclic) bond motifs is 1. The number of hydrogen-bond acceptors (Lipinski definition) is 2. The molecule has 1 atom stereocenters. The first-order valence-corrected chi connectivity index (χ1v) is 6.86. The molecular weight excluding hydrogens is 226 g/mol. The zero-order valence-corrected chi connectivity index (χ0v) is 10.6. The van der Waals surface area contributed by atoms with Crippen molar-refractivity contribution in [3.8, 4) is 0 Å². The van der Waals surface area contributed by atoms with Gasteiger partial charge in [-0.05, 0) is 29.7 Å². The average Bonchev–Trinajstić information content (AvgIpc) is 2.82. The Morgan fingerprint density at radius 1 is 1.06 bits per heavy atom. The van der Waals surface area contributed by atoms with E-state index in [0.29, 0.717) is 5.37 Å². The van der Waals surface area contributed by atoms with E-state index in [1.165, 1.54) is 21.7 Å². The summed E-state index contributed by atoms with van der Waals surface area (Å²) >= 11 is 1.89. The van der Waals surface area contributed by atoms with Crippen molar-refractivity contribution >= 4 is 17.4 Å². The molecule has 3 rings (SSSR count). The molecule has 1 N–H and O–H groups in total. The fourth-order valence-electron chi connectivity index (χ4n) is 2.07. The second kappa shape index (κ2) is 4.46. The van der Waals surface area contributed by atoms with Gasteiger partial charge in [-0.3, -0.25) is 0 Å². The Kier molecular flexibility index (Phi) is 2.81. The topological polar surface area (TPSA) is 12.0 Å². The largest absolute Gasteiger partial charge is 0.368 e. The highest BCUT2D eigenvalue weighted by Crippen LogP contribution is 2.46. The first-order chi connectivity index (χ1) is 8.36. The summed E-state index contributed by atoms with van der Waals surface area (Å²) in [5.41, 5.74) is 4.00. The molecule has 2 aromatic rings. The first kappa shape index (κ1) is 10.7. The lowest BCUT2D eigenvalue weighted by molar-refractivity contribution is 1.10. The summed E-state index contributed by atoms with van der Waals surface area (Å²) in [5, 5.41) is 3.91. The maximum atomic E-state index is 3.55. The standard InChI is InChI=1S/C15H15NS/c1-2-11-7-9-12(10-8-11)15-16-13-5-3-4-6-14(13)17-15/h3-10,15-16H,2H2,1H3. The molecule has 0 radical (unpaired) electrons. The van der Waals surface area contributed by atoms with E-state index in [9.17, 15) is 0 Å². The van der Waals surface area contributed by atoms with Gasteiger partial charge in [-0.25, -0.2) is 0 Å². The fourth-order valence-corrected chi connectivity index (χ4v) is 3.21. The van der Waals surface area contributed by atoms with E-state index in [1.807, 2.05) is 11.8 Å². The fraction of sp³-hybridized carbons (Fsp3) is 0.200. The van der Waals surface area contributed by atoms with Gasteiger partial charge < -0.3 is 5.32 Å². The van der Waals surface area contributed by atoms with Gasteiger partial charge in [0.25, 0.3) is 0 Å². The van der Waals surface area contributed by atoms with Crippen LogP contribution in [-0.2, 0) is 6.42 Å². The van der Waals surface area contributed by atoms with Crippen LogP contribution in [0.5, 0.6) is 0 Å². The Hall–Kier alpha value is -1.41. The second-order valence-electron chi connectivity index (χ2n) is 4.23. The van der Waals surface area contributed by atoms with Crippen LogP contribution in [0.4, 0.5) is 5.69 Å². The molecule has 1 aliphatic rings. The highest BCUT2D eigenvalue weighted by molar-refractivity contribution is 8.00. The molecule has 86 valence electrons. The number of thioether (sulfide) groups is 1. The SMILES string of the molecule is CCc1ccc(C2Nc3ccccc3S2)cc1. The Morgan fingerprint density at radius 2 is 1.82 bits per heavy atom. The summed E-state index contributed by atoms with van der Waals surface area (Å²) in [6.45, 7) is 2.19. The van der Waals surface area contributed by atoms with Crippen LogP contribution in [0.1, 0.15) is 23.4 Å². The molecule has 1 unspecified atom stereocenters. The van der Waals surface area contributed by atoms with Crippen molar-refractivity contribution in [1.82, 2.24) is 0 Å². The summed E-state index contributed by atoms with van der Waals surface area (Å²) in [6.07, 6.45) is 1.10. The van der Waals surface area contributed by atoms with Crippen molar-refractivity contribution in [3.63, 3.8) is 0 Å². The Morgan fingerprint density at radius 3 is 2.53 bits per heavy atom. The third-order valence-electron chi connectivity index (χ3n) is 3.11. The van der Waals surface area contributed by atoms with Gasteiger partial charge in [0.2, 0.25) is 0 Å². The summed E-state index contributed by atoms with van der Waals surface area (Å²) in [5.74, 6) is 0. The van der Waals surface area contributed by atoms with Gasteiger partial charge in [0.1, 0.15) is 5.37 Å². The van der Waals surface area contributed by atoms with E-state index >= 15 is 0 Å². The lowest BCUT2D eigenvalue weighted by Gasteiger charge is -2.11. The number of rotatable bonds is 2. The minimum Gasteiger partial charge on any atom is -0.368 e. The Balaban J connectivity index is 1.83. The minimum atomic E-state index is 0.360. The minimum absolute atomic E-state index is 0.360. The summed E-state index contributed by atoms with van der Waals surface area (Å²) in [6, 6.07) is 17.4. The number of anilines is 1. The summed E-state index contributed by atoms with van der Waals surface area (Å²) in [4.78, 5) is 1.34. The van der Waals surface area contributed by atoms with Gasteiger partial charge in [-0.2, -0.15) is 0 Å². The predicted molar refractivity (Wildman–Crippen MR) is 74.5 cm³/mol. The quantitative estimate of drug-likeness (QED) is 0.832. The molecule has 0 amide bonds. The number of benzene rings is 2. The van der Waals surface area contributed by atoms with Crippen LogP contribution in [0, 0.1) is 0 Å². The third-order valence-corrected chi connectivity index (χ3v) is 4.34. The van der Waals surface area contributed by atoms with Gasteiger partial charge in [-0.1, -0.05) is 55.1 Å². The van der Waals surface area contributed by atoms with E-state index in [4.69, 9.17) is 0 Å². The van der Waals surface area contributed by atoms with Crippen molar-refractivity contribution in [3.05, 3.63) is 59.7 Å². The normalized spacial score (nSPS) is 17.6. The van der Waals surface area contributed by atoms with Crippen molar-refractivity contribution in [2.75, 3.05) is 5.32 Å². The smallest absolute Gasteiger partial charge is 0.103 e. The lowest BCUT2D eigenvalue weighted by atomic mass is 10.1. The molecule has 17 heavy (non-hydrogen) atoms. The van der Waals surface area contributed by atoms with Crippen molar-refractivity contribution in [1.29, 1.82) is 0 Å². The van der Waals surface area contributed by atoms with E-state index in [-0.39, 0.29) is 0 Å². The van der Waals surface area contributed by atoms with Crippen molar-refractivity contribution in [2.24, 2.45) is 0 Å². The monoisotopic (exact) mass is 241 g/mol. The number of nitrogens with one attached hydrogen (secondary N) is 1. The Labute approximate surface area is 106 Å². The number of para-hydroxylation sites is 1. The van der Waals surface area contributed by atoms with Crippen molar-refractivity contribution < 1.29 is 0 Å². The maximum absolute atomic E-state index is 3.55. The molecule has 0 aliphatic carbocycles. The molecule has 0 saturated heterocycles. The highest BCUT2D eigenvalue weighted by atomic mass is 32.2. The van der Waals surface area contributed by atoms with Gasteiger partial charge in [-0.15, -0.1) is 0 Å². The number of hydrogen-bond donors (Lipinski definition) is 1. The van der Waals surface area contributed by atoms with Crippen LogP contribution >= 0.6 is 11.8 Å². The molecule has 0 bridgehead atoms. The van der Waals surface area contributed by atoms with Crippen LogP contribution in [0.2, 0.25) is 0 Å². The molecule has 0 spiro atoms. The molecule has 0 saturated carbocycles. The zero-order chi connectivity index (χ0) is 11.7. The van der Waals surface area contributed by atoms with Gasteiger partial charge in [0, 0.05) is 10.6 Å². The van der Waals surface area contributed by atoms with Gasteiger partial charge in [0.15, 0.2) is 0 Å². The van der Waals surface area contributed by atoms with Crippen LogP contribution in [0.3, 0.4) is 0 Å². The average molecular weight is 241 g/mol. The summed E-state index contributed by atoms with van der Waals surface area (Å²) in [7, 11) is 0. The van der Waals surface area contributed by atoms with Crippen LogP contribution in [0.25, 0.3) is 0 Å². The molecule has 2 heteroatoms. The van der Waals surface area contributed by atoms with E-state index in [2.05, 4.69) is 60.8 Å². The molecule has 1 heterocycles.